The smallest absolute Gasteiger partial charge is 0.264 e. The summed E-state index contributed by atoms with van der Waals surface area (Å²) in [6.07, 6.45) is 3.87. The Hall–Kier alpha value is -3.14. The summed E-state index contributed by atoms with van der Waals surface area (Å²) in [5.41, 5.74) is 2.20. The number of benzene rings is 2. The number of hydrogen-bond acceptors (Lipinski definition) is 5. The summed E-state index contributed by atoms with van der Waals surface area (Å²) < 4.78 is 29.0. The van der Waals surface area contributed by atoms with E-state index < -0.39 is 22.0 Å². The number of carbonyl (C=O) groups excluding carboxylic acids is 2. The fourth-order valence-electron chi connectivity index (χ4n) is 4.51. The van der Waals surface area contributed by atoms with Crippen LogP contribution in [-0.4, -0.2) is 37.8 Å². The normalized spacial score (nSPS) is 17.2. The molecule has 2 aromatic carbocycles. The number of nitrogens with one attached hydrogen (secondary N) is 2. The molecule has 1 aliphatic carbocycles. The summed E-state index contributed by atoms with van der Waals surface area (Å²) in [5, 5.41) is 5.91. The van der Waals surface area contributed by atoms with Gasteiger partial charge in [-0.1, -0.05) is 41.4 Å². The minimum absolute atomic E-state index is 0.0258. The highest BCUT2D eigenvalue weighted by Crippen LogP contribution is 2.41. The lowest BCUT2D eigenvalue weighted by Gasteiger charge is -2.35. The number of anilines is 2. The largest absolute Gasteiger partial charge is 0.351 e. The van der Waals surface area contributed by atoms with E-state index in [2.05, 4.69) is 15.6 Å². The number of carbonyl (C=O) groups is 2. The Morgan fingerprint density at radius 2 is 1.76 bits per heavy atom. The van der Waals surface area contributed by atoms with Gasteiger partial charge in [-0.05, 0) is 54.7 Å². The second kappa shape index (κ2) is 9.96. The maximum atomic E-state index is 13.9. The van der Waals surface area contributed by atoms with Gasteiger partial charge >= 0.3 is 0 Å². The van der Waals surface area contributed by atoms with Crippen LogP contribution in [-0.2, 0) is 21.2 Å². The van der Waals surface area contributed by atoms with E-state index in [0.29, 0.717) is 23.7 Å². The molecule has 1 fully saturated rings. The van der Waals surface area contributed by atoms with Gasteiger partial charge in [0.25, 0.3) is 15.9 Å². The van der Waals surface area contributed by atoms with Crippen molar-refractivity contribution >= 4 is 56.4 Å². The third-order valence-electron chi connectivity index (χ3n) is 6.39. The third-order valence-corrected chi connectivity index (χ3v) is 8.80. The minimum atomic E-state index is -4.00. The van der Waals surface area contributed by atoms with E-state index in [1.54, 1.807) is 42.5 Å². The van der Waals surface area contributed by atoms with Crippen LogP contribution >= 0.6 is 23.2 Å². The van der Waals surface area contributed by atoms with Gasteiger partial charge in [0.2, 0.25) is 5.91 Å². The molecule has 2 amide bonds. The average molecular weight is 559 g/mol. The fraction of sp³-hybridized carbons (Fsp3) is 0.269. The highest BCUT2D eigenvalue weighted by molar-refractivity contribution is 7.92. The van der Waals surface area contributed by atoms with Crippen LogP contribution in [0.2, 0.25) is 10.0 Å². The summed E-state index contributed by atoms with van der Waals surface area (Å²) >= 11 is 12.3. The highest BCUT2D eigenvalue weighted by atomic mass is 35.5. The van der Waals surface area contributed by atoms with Gasteiger partial charge in [0.05, 0.1) is 56.4 Å². The first-order valence-electron chi connectivity index (χ1n) is 11.8. The molecule has 0 saturated heterocycles. The highest BCUT2D eigenvalue weighted by Gasteiger charge is 2.35. The van der Waals surface area contributed by atoms with E-state index in [9.17, 15) is 18.0 Å². The lowest BCUT2D eigenvalue weighted by Crippen LogP contribution is -2.50. The molecule has 1 atom stereocenters. The molecule has 1 aromatic heterocycles. The molecule has 0 radical (unpaired) electrons. The van der Waals surface area contributed by atoms with Gasteiger partial charge in [0.1, 0.15) is 0 Å². The first-order chi connectivity index (χ1) is 17.6. The first kappa shape index (κ1) is 25.5. The van der Waals surface area contributed by atoms with Crippen LogP contribution in [0.5, 0.6) is 0 Å². The zero-order chi connectivity index (χ0) is 26.3. The van der Waals surface area contributed by atoms with Crippen LogP contribution in [0.3, 0.4) is 0 Å². The molecule has 0 spiro atoms. The van der Waals surface area contributed by atoms with Crippen molar-refractivity contribution in [2.45, 2.75) is 43.0 Å². The maximum absolute atomic E-state index is 13.9. The first-order valence-corrected chi connectivity index (χ1v) is 14.0. The van der Waals surface area contributed by atoms with Crippen molar-refractivity contribution in [2.24, 2.45) is 0 Å². The van der Waals surface area contributed by atoms with Crippen molar-refractivity contribution in [3.8, 4) is 0 Å². The van der Waals surface area contributed by atoms with Crippen molar-refractivity contribution < 1.29 is 18.0 Å². The Morgan fingerprint density at radius 1 is 1.05 bits per heavy atom. The zero-order valence-corrected chi connectivity index (χ0v) is 22.2. The number of hydrogen-bond donors (Lipinski definition) is 2. The Morgan fingerprint density at radius 3 is 2.43 bits per heavy atom. The van der Waals surface area contributed by atoms with Crippen LogP contribution in [0.1, 0.15) is 47.3 Å². The lowest BCUT2D eigenvalue weighted by atomic mass is 10.0. The maximum Gasteiger partial charge on any atom is 0.264 e. The molecule has 192 valence electrons. The molecular weight excluding hydrogens is 535 g/mol. The van der Waals surface area contributed by atoms with E-state index in [-0.39, 0.29) is 38.6 Å². The van der Waals surface area contributed by atoms with Crippen LogP contribution in [0.4, 0.5) is 11.4 Å². The van der Waals surface area contributed by atoms with Crippen molar-refractivity contribution in [2.75, 3.05) is 16.2 Å². The summed E-state index contributed by atoms with van der Waals surface area (Å²) in [5.74, 6) is -0.422. The standard InChI is InChI=1S/C26H24Cl2N4O4S/c1-15(33)30-19-11-23-24(12-18(13-29-23)31-26(34)25-21(27)6-3-7-22(25)28)32(14-19)37(35,36)20-5-2-4-17(10-20)16-8-9-16/h2-7,10,12-13,16,19H,8-9,11,14H2,1H3,(H,30,33)(H,31,34). The molecule has 11 heteroatoms. The van der Waals surface area contributed by atoms with Crippen molar-refractivity contribution in [3.05, 3.63) is 81.6 Å². The number of amides is 2. The Balaban J connectivity index is 1.52. The van der Waals surface area contributed by atoms with E-state index in [0.717, 1.165) is 18.4 Å². The third kappa shape index (κ3) is 5.30. The summed E-state index contributed by atoms with van der Waals surface area (Å²) in [4.78, 5) is 29.3. The van der Waals surface area contributed by atoms with E-state index in [4.69, 9.17) is 23.2 Å². The van der Waals surface area contributed by atoms with Crippen molar-refractivity contribution in [1.29, 1.82) is 0 Å². The molecule has 37 heavy (non-hydrogen) atoms. The predicted molar refractivity (Wildman–Crippen MR) is 143 cm³/mol. The molecule has 1 saturated carbocycles. The van der Waals surface area contributed by atoms with Gasteiger partial charge in [-0.25, -0.2) is 8.42 Å². The molecule has 2 heterocycles. The number of pyridine rings is 1. The molecule has 0 bridgehead atoms. The monoisotopic (exact) mass is 558 g/mol. The molecule has 1 unspecified atom stereocenters. The second-order valence-corrected chi connectivity index (χ2v) is 11.9. The zero-order valence-electron chi connectivity index (χ0n) is 19.9. The van der Waals surface area contributed by atoms with Crippen molar-refractivity contribution in [1.82, 2.24) is 10.3 Å². The number of rotatable bonds is 6. The van der Waals surface area contributed by atoms with Gasteiger partial charge in [0.15, 0.2) is 0 Å². The van der Waals surface area contributed by atoms with Crippen LogP contribution < -0.4 is 14.9 Å². The van der Waals surface area contributed by atoms with Crippen LogP contribution in [0.15, 0.2) is 59.6 Å². The average Bonchev–Trinajstić information content (AvgIpc) is 3.69. The molecule has 3 aromatic rings. The predicted octanol–water partition coefficient (Wildman–Crippen LogP) is 4.77. The molecule has 2 N–H and O–H groups in total. The Kier molecular flexibility index (Phi) is 6.87. The van der Waals surface area contributed by atoms with Gasteiger partial charge in [0, 0.05) is 13.3 Å². The number of nitrogens with zero attached hydrogens (tertiary/aromatic N) is 2. The van der Waals surface area contributed by atoms with Gasteiger partial charge in [-0.3, -0.25) is 18.9 Å². The Bertz CT molecular complexity index is 1490. The lowest BCUT2D eigenvalue weighted by molar-refractivity contribution is -0.119. The number of aromatic nitrogens is 1. The van der Waals surface area contributed by atoms with Crippen LogP contribution in [0, 0.1) is 0 Å². The SMILES string of the molecule is CC(=O)NC1Cc2ncc(NC(=O)c3c(Cl)cccc3Cl)cc2N(S(=O)(=O)c2cccc(C3CC3)c2)C1. The summed E-state index contributed by atoms with van der Waals surface area (Å²) in [7, 11) is -4.00. The number of fused-ring (bicyclic) bond motifs is 1. The number of sulfonamides is 1. The van der Waals surface area contributed by atoms with Gasteiger partial charge < -0.3 is 10.6 Å². The van der Waals surface area contributed by atoms with Crippen molar-refractivity contribution in [3.63, 3.8) is 0 Å². The van der Waals surface area contributed by atoms with E-state index in [1.807, 2.05) is 6.07 Å². The molecule has 2 aliphatic rings. The van der Waals surface area contributed by atoms with E-state index in [1.165, 1.54) is 17.4 Å². The minimum Gasteiger partial charge on any atom is -0.351 e. The van der Waals surface area contributed by atoms with E-state index >= 15 is 0 Å². The number of halogens is 2. The van der Waals surface area contributed by atoms with Gasteiger partial charge in [-0.2, -0.15) is 0 Å². The fourth-order valence-corrected chi connectivity index (χ4v) is 6.66. The second-order valence-electron chi connectivity index (χ2n) is 9.23. The molecule has 5 rings (SSSR count). The summed E-state index contributed by atoms with van der Waals surface area (Å²) in [6, 6.07) is 12.8. The van der Waals surface area contributed by atoms with Crippen LogP contribution in [0.25, 0.3) is 0 Å². The Labute approximate surface area is 225 Å². The quantitative estimate of drug-likeness (QED) is 0.452. The topological polar surface area (TPSA) is 108 Å². The summed E-state index contributed by atoms with van der Waals surface area (Å²) in [6.45, 7) is 1.41. The molecule has 8 nitrogen and oxygen atoms in total. The molecule has 1 aliphatic heterocycles. The molecular formula is C26H24Cl2N4O4S. The van der Waals surface area contributed by atoms with Gasteiger partial charge in [-0.15, -0.1) is 0 Å².